The molecule has 1 heterocycles. The highest BCUT2D eigenvalue weighted by Gasteiger charge is 2.30. The molecule has 1 aliphatic rings. The fourth-order valence-electron chi connectivity index (χ4n) is 2.50. The van der Waals surface area contributed by atoms with Crippen LogP contribution in [-0.4, -0.2) is 12.2 Å². The monoisotopic (exact) mass is 292 g/mol. The molecule has 21 heavy (non-hydrogen) atoms. The third kappa shape index (κ3) is 2.56. The van der Waals surface area contributed by atoms with Crippen LogP contribution in [0.2, 0.25) is 0 Å². The molecule has 1 aliphatic heterocycles. The lowest BCUT2D eigenvalue weighted by Gasteiger charge is -2.30. The number of hydrogen-bond donors (Lipinski definition) is 1. The predicted octanol–water partition coefficient (Wildman–Crippen LogP) is 3.53. The average molecular weight is 292 g/mol. The van der Waals surface area contributed by atoms with Crippen LogP contribution in [0.1, 0.15) is 29.8 Å². The third-order valence-electron chi connectivity index (χ3n) is 3.60. The summed E-state index contributed by atoms with van der Waals surface area (Å²) in [6, 6.07) is 8.42. The summed E-state index contributed by atoms with van der Waals surface area (Å²) in [7, 11) is 1.53. The van der Waals surface area contributed by atoms with Gasteiger partial charge in [-0.05, 0) is 24.3 Å². The molecule has 0 bridgehead atoms. The van der Waals surface area contributed by atoms with Crippen molar-refractivity contribution in [3.05, 3.63) is 59.2 Å². The maximum absolute atomic E-state index is 13.9. The maximum Gasteiger partial charge on any atom is 0.133 e. The Bertz CT molecular complexity index is 673. The van der Waals surface area contributed by atoms with E-state index in [1.165, 1.54) is 19.2 Å². The second kappa shape index (κ2) is 5.33. The Hall–Kier alpha value is -2.14. The Balaban J connectivity index is 1.96. The molecular formula is C16H14F2O3. The molecule has 0 aliphatic carbocycles. The normalized spacial score (nSPS) is 20.6. The van der Waals surface area contributed by atoms with Crippen LogP contribution in [0, 0.1) is 11.6 Å². The molecule has 0 spiro atoms. The van der Waals surface area contributed by atoms with Crippen molar-refractivity contribution in [2.24, 2.45) is 0 Å². The largest absolute Gasteiger partial charge is 0.497 e. The average Bonchev–Trinajstić information content (AvgIpc) is 2.46. The molecule has 0 saturated heterocycles. The molecule has 0 amide bonds. The van der Waals surface area contributed by atoms with Crippen molar-refractivity contribution >= 4 is 0 Å². The zero-order chi connectivity index (χ0) is 15.0. The number of ether oxygens (including phenoxy) is 2. The molecule has 1 unspecified atom stereocenters. The van der Waals surface area contributed by atoms with E-state index >= 15 is 0 Å². The van der Waals surface area contributed by atoms with Gasteiger partial charge in [-0.15, -0.1) is 0 Å². The maximum atomic E-state index is 13.9. The smallest absolute Gasteiger partial charge is 0.133 e. The number of aliphatic hydroxyl groups is 1. The molecule has 0 saturated carbocycles. The predicted molar refractivity (Wildman–Crippen MR) is 72.3 cm³/mol. The number of rotatable bonds is 2. The van der Waals surface area contributed by atoms with Gasteiger partial charge in [0.15, 0.2) is 0 Å². The van der Waals surface area contributed by atoms with Crippen molar-refractivity contribution in [3.63, 3.8) is 0 Å². The van der Waals surface area contributed by atoms with Gasteiger partial charge in [0, 0.05) is 29.7 Å². The van der Waals surface area contributed by atoms with Gasteiger partial charge in [-0.1, -0.05) is 0 Å². The summed E-state index contributed by atoms with van der Waals surface area (Å²) in [6.45, 7) is 0. The fourth-order valence-corrected chi connectivity index (χ4v) is 2.50. The Morgan fingerprint density at radius 3 is 2.62 bits per heavy atom. The molecule has 2 aromatic rings. The van der Waals surface area contributed by atoms with Crippen LogP contribution in [-0.2, 0) is 0 Å². The molecule has 3 nitrogen and oxygen atoms in total. The summed E-state index contributed by atoms with van der Waals surface area (Å²) in [5.74, 6) is -0.295. The van der Waals surface area contributed by atoms with Gasteiger partial charge in [0.25, 0.3) is 0 Å². The minimum Gasteiger partial charge on any atom is -0.497 e. The molecular weight excluding hydrogens is 278 g/mol. The number of benzene rings is 2. The molecule has 2 atom stereocenters. The first-order chi connectivity index (χ1) is 10.1. The molecule has 0 fully saturated rings. The van der Waals surface area contributed by atoms with Gasteiger partial charge < -0.3 is 14.6 Å². The molecule has 0 aromatic heterocycles. The van der Waals surface area contributed by atoms with Gasteiger partial charge in [0.1, 0.15) is 29.2 Å². The summed E-state index contributed by atoms with van der Waals surface area (Å²) in [5.41, 5.74) is 0.860. The Labute approximate surface area is 120 Å². The van der Waals surface area contributed by atoms with E-state index in [1.807, 2.05) is 0 Å². The summed E-state index contributed by atoms with van der Waals surface area (Å²) in [4.78, 5) is 0. The van der Waals surface area contributed by atoms with Crippen LogP contribution in [0.3, 0.4) is 0 Å². The van der Waals surface area contributed by atoms with Crippen molar-refractivity contribution in [2.75, 3.05) is 7.11 Å². The molecule has 0 radical (unpaired) electrons. The van der Waals surface area contributed by atoms with E-state index in [-0.39, 0.29) is 12.0 Å². The van der Waals surface area contributed by atoms with Crippen LogP contribution in [0.5, 0.6) is 11.5 Å². The minimum atomic E-state index is -0.769. The second-order valence-corrected chi connectivity index (χ2v) is 4.93. The fraction of sp³-hybridized carbons (Fsp3) is 0.250. The number of methoxy groups -OCH3 is 1. The lowest BCUT2D eigenvalue weighted by atomic mass is 9.94. The van der Waals surface area contributed by atoms with Crippen molar-refractivity contribution in [1.29, 1.82) is 0 Å². The van der Waals surface area contributed by atoms with Crippen molar-refractivity contribution in [2.45, 2.75) is 18.6 Å². The Morgan fingerprint density at radius 1 is 1.14 bits per heavy atom. The Kier molecular flexibility index (Phi) is 3.51. The molecule has 5 heteroatoms. The van der Waals surface area contributed by atoms with Crippen LogP contribution in [0.15, 0.2) is 36.4 Å². The van der Waals surface area contributed by atoms with Crippen LogP contribution in [0.25, 0.3) is 0 Å². The first kappa shape index (κ1) is 13.8. The van der Waals surface area contributed by atoms with E-state index in [0.29, 0.717) is 17.1 Å². The van der Waals surface area contributed by atoms with Gasteiger partial charge in [-0.25, -0.2) is 8.78 Å². The lowest BCUT2D eigenvalue weighted by Crippen LogP contribution is -2.20. The highest BCUT2D eigenvalue weighted by molar-refractivity contribution is 5.44. The SMILES string of the molecule is COc1ccc2c(c1)OC(c1ccc(F)cc1F)C[C@@H]2O. The Morgan fingerprint density at radius 2 is 1.90 bits per heavy atom. The summed E-state index contributed by atoms with van der Waals surface area (Å²) >= 11 is 0. The van der Waals surface area contributed by atoms with Crippen molar-refractivity contribution in [3.8, 4) is 11.5 Å². The first-order valence-corrected chi connectivity index (χ1v) is 6.56. The van der Waals surface area contributed by atoms with E-state index < -0.39 is 23.8 Å². The summed E-state index contributed by atoms with van der Waals surface area (Å²) in [5, 5.41) is 10.2. The number of hydrogen-bond acceptors (Lipinski definition) is 3. The van der Waals surface area contributed by atoms with Crippen molar-refractivity contribution in [1.82, 2.24) is 0 Å². The first-order valence-electron chi connectivity index (χ1n) is 6.56. The summed E-state index contributed by atoms with van der Waals surface area (Å²) < 4.78 is 37.7. The van der Waals surface area contributed by atoms with Gasteiger partial charge in [-0.3, -0.25) is 0 Å². The van der Waals surface area contributed by atoms with E-state index in [2.05, 4.69) is 0 Å². The lowest BCUT2D eigenvalue weighted by molar-refractivity contribution is 0.0637. The van der Waals surface area contributed by atoms with Crippen LogP contribution in [0.4, 0.5) is 8.78 Å². The quantitative estimate of drug-likeness (QED) is 0.920. The number of fused-ring (bicyclic) bond motifs is 1. The van der Waals surface area contributed by atoms with Gasteiger partial charge in [-0.2, -0.15) is 0 Å². The van der Waals surface area contributed by atoms with Crippen LogP contribution < -0.4 is 9.47 Å². The highest BCUT2D eigenvalue weighted by Crippen LogP contribution is 2.42. The molecule has 3 rings (SSSR count). The number of halogens is 2. The van der Waals surface area contributed by atoms with Crippen molar-refractivity contribution < 1.29 is 23.4 Å². The van der Waals surface area contributed by atoms with Gasteiger partial charge >= 0.3 is 0 Å². The van der Waals surface area contributed by atoms with E-state index in [9.17, 15) is 13.9 Å². The second-order valence-electron chi connectivity index (χ2n) is 4.93. The number of aliphatic hydroxyl groups excluding tert-OH is 1. The van der Waals surface area contributed by atoms with E-state index in [0.717, 1.165) is 6.07 Å². The standard InChI is InChI=1S/C16H14F2O3/c1-20-10-3-5-12-14(19)8-16(21-15(12)7-10)11-4-2-9(17)6-13(11)18/h2-7,14,16,19H,8H2,1H3/t14-,16?/m0/s1. The highest BCUT2D eigenvalue weighted by atomic mass is 19.1. The van der Waals surface area contributed by atoms with Gasteiger partial charge in [0.05, 0.1) is 13.2 Å². The van der Waals surface area contributed by atoms with Gasteiger partial charge in [0.2, 0.25) is 0 Å². The van der Waals surface area contributed by atoms with E-state index in [4.69, 9.17) is 9.47 Å². The molecule has 1 N–H and O–H groups in total. The molecule has 110 valence electrons. The summed E-state index contributed by atoms with van der Waals surface area (Å²) in [6.07, 6.45) is -1.23. The zero-order valence-corrected chi connectivity index (χ0v) is 11.3. The van der Waals surface area contributed by atoms with E-state index in [1.54, 1.807) is 18.2 Å². The zero-order valence-electron chi connectivity index (χ0n) is 11.3. The van der Waals surface area contributed by atoms with Crippen LogP contribution >= 0.6 is 0 Å². The third-order valence-corrected chi connectivity index (χ3v) is 3.60. The minimum absolute atomic E-state index is 0.210. The topological polar surface area (TPSA) is 38.7 Å². The molecule has 2 aromatic carbocycles.